The largest absolute Gasteiger partial charge is 0.369 e. The van der Waals surface area contributed by atoms with Gasteiger partial charge in [0.25, 0.3) is 0 Å². The molecule has 0 saturated heterocycles. The summed E-state index contributed by atoms with van der Waals surface area (Å²) in [4.78, 5) is 8.58. The average molecular weight is 277 g/mol. The van der Waals surface area contributed by atoms with E-state index >= 15 is 0 Å². The van der Waals surface area contributed by atoms with E-state index in [0.29, 0.717) is 6.54 Å². The zero-order valence-corrected chi connectivity index (χ0v) is 11.6. The zero-order chi connectivity index (χ0) is 13.5. The van der Waals surface area contributed by atoms with Gasteiger partial charge >= 0.3 is 0 Å². The molecule has 2 rings (SSSR count). The van der Waals surface area contributed by atoms with Gasteiger partial charge in [0, 0.05) is 18.1 Å². The molecule has 1 aromatic heterocycles. The number of halogens is 1. The molecule has 0 radical (unpaired) electrons. The summed E-state index contributed by atoms with van der Waals surface area (Å²) in [5.74, 6) is 1.54. The van der Waals surface area contributed by atoms with E-state index < -0.39 is 0 Å². The molecule has 5 heteroatoms. The van der Waals surface area contributed by atoms with Gasteiger partial charge in [-0.3, -0.25) is 4.98 Å². The molecule has 0 aliphatic heterocycles. The Morgan fingerprint density at radius 3 is 2.68 bits per heavy atom. The second-order valence-corrected chi connectivity index (χ2v) is 4.64. The molecular formula is C14H17ClN4. The van der Waals surface area contributed by atoms with Gasteiger partial charge in [0.2, 0.25) is 0 Å². The second-order valence-electron chi connectivity index (χ2n) is 4.20. The summed E-state index contributed by atoms with van der Waals surface area (Å²) >= 11 is 5.94. The van der Waals surface area contributed by atoms with Crippen LogP contribution >= 0.6 is 11.6 Å². The van der Waals surface area contributed by atoms with Gasteiger partial charge in [0.1, 0.15) is 11.6 Å². The van der Waals surface area contributed by atoms with Crippen molar-refractivity contribution < 1.29 is 0 Å². The second kappa shape index (κ2) is 6.95. The van der Waals surface area contributed by atoms with Crippen molar-refractivity contribution in [2.75, 3.05) is 17.2 Å². The molecule has 0 fully saturated rings. The number of rotatable bonds is 6. The number of nitrogens with one attached hydrogen (secondary N) is 2. The highest BCUT2D eigenvalue weighted by Gasteiger charge is 1.99. The van der Waals surface area contributed by atoms with Crippen molar-refractivity contribution in [2.45, 2.75) is 19.9 Å². The lowest BCUT2D eigenvalue weighted by Gasteiger charge is -2.08. The fourth-order valence-corrected chi connectivity index (χ4v) is 1.84. The monoisotopic (exact) mass is 276 g/mol. The summed E-state index contributed by atoms with van der Waals surface area (Å²) < 4.78 is 0. The maximum Gasteiger partial charge on any atom is 0.147 e. The summed E-state index contributed by atoms with van der Waals surface area (Å²) in [6, 6.07) is 7.75. The lowest BCUT2D eigenvalue weighted by Crippen LogP contribution is -2.06. The Morgan fingerprint density at radius 2 is 1.95 bits per heavy atom. The Bertz CT molecular complexity index is 530. The van der Waals surface area contributed by atoms with Crippen molar-refractivity contribution in [3.05, 3.63) is 47.2 Å². The highest BCUT2D eigenvalue weighted by molar-refractivity contribution is 6.30. The predicted octanol–water partition coefficient (Wildman–Crippen LogP) is 3.56. The van der Waals surface area contributed by atoms with Gasteiger partial charge in [-0.05, 0) is 24.1 Å². The summed E-state index contributed by atoms with van der Waals surface area (Å²) in [6.45, 7) is 3.68. The molecular weight excluding hydrogens is 260 g/mol. The van der Waals surface area contributed by atoms with Crippen LogP contribution in [0.25, 0.3) is 0 Å². The van der Waals surface area contributed by atoms with Crippen molar-refractivity contribution in [3.63, 3.8) is 0 Å². The number of aromatic nitrogens is 2. The molecule has 2 N–H and O–H groups in total. The maximum absolute atomic E-state index is 5.94. The molecule has 1 aromatic carbocycles. The average Bonchev–Trinajstić information content (AvgIpc) is 2.43. The van der Waals surface area contributed by atoms with E-state index in [-0.39, 0.29) is 0 Å². The number of anilines is 2. The topological polar surface area (TPSA) is 49.8 Å². The van der Waals surface area contributed by atoms with E-state index in [1.165, 1.54) is 0 Å². The number of hydrogen-bond acceptors (Lipinski definition) is 4. The van der Waals surface area contributed by atoms with Crippen molar-refractivity contribution >= 4 is 23.2 Å². The third-order valence-electron chi connectivity index (χ3n) is 2.55. The van der Waals surface area contributed by atoms with Crippen molar-refractivity contribution in [1.29, 1.82) is 0 Å². The first-order valence-electron chi connectivity index (χ1n) is 6.32. The van der Waals surface area contributed by atoms with Gasteiger partial charge in [0.05, 0.1) is 12.4 Å². The van der Waals surface area contributed by atoms with Gasteiger partial charge in [-0.25, -0.2) is 4.98 Å². The Balaban J connectivity index is 1.95. The Labute approximate surface area is 118 Å². The minimum Gasteiger partial charge on any atom is -0.369 e. The zero-order valence-electron chi connectivity index (χ0n) is 10.9. The van der Waals surface area contributed by atoms with Crippen LogP contribution in [0.5, 0.6) is 0 Å². The summed E-state index contributed by atoms with van der Waals surface area (Å²) in [5.41, 5.74) is 1.11. The predicted molar refractivity (Wildman–Crippen MR) is 79.6 cm³/mol. The standard InChI is InChI=1S/C14H17ClN4/c1-2-6-17-13-9-16-10-14(19-13)18-8-11-4-3-5-12(15)7-11/h3-5,7,9-10H,2,6,8H2,1H3,(H2,17,18,19). The summed E-state index contributed by atoms with van der Waals surface area (Å²) in [6.07, 6.45) is 4.49. The molecule has 0 spiro atoms. The third kappa shape index (κ3) is 4.41. The highest BCUT2D eigenvalue weighted by atomic mass is 35.5. The molecule has 0 atom stereocenters. The molecule has 0 aliphatic rings. The number of nitrogens with zero attached hydrogens (tertiary/aromatic N) is 2. The van der Waals surface area contributed by atoms with Crippen LogP contribution < -0.4 is 10.6 Å². The first-order valence-corrected chi connectivity index (χ1v) is 6.70. The highest BCUT2D eigenvalue weighted by Crippen LogP contribution is 2.13. The minimum atomic E-state index is 0.673. The van der Waals surface area contributed by atoms with Crippen molar-refractivity contribution in [3.8, 4) is 0 Å². The van der Waals surface area contributed by atoms with Gasteiger partial charge in [-0.1, -0.05) is 30.7 Å². The van der Waals surface area contributed by atoms with Gasteiger partial charge < -0.3 is 10.6 Å². The number of hydrogen-bond donors (Lipinski definition) is 2. The first kappa shape index (κ1) is 13.6. The van der Waals surface area contributed by atoms with Crippen LogP contribution in [0.3, 0.4) is 0 Å². The molecule has 0 amide bonds. The molecule has 1 heterocycles. The smallest absolute Gasteiger partial charge is 0.147 e. The third-order valence-corrected chi connectivity index (χ3v) is 2.79. The molecule has 0 bridgehead atoms. The van der Waals surface area contributed by atoms with E-state index in [2.05, 4.69) is 27.5 Å². The normalized spacial score (nSPS) is 10.2. The van der Waals surface area contributed by atoms with Crippen LogP contribution in [0.2, 0.25) is 5.02 Å². The van der Waals surface area contributed by atoms with Crippen LogP contribution in [-0.2, 0) is 6.54 Å². The van der Waals surface area contributed by atoms with Crippen molar-refractivity contribution in [1.82, 2.24) is 9.97 Å². The fourth-order valence-electron chi connectivity index (χ4n) is 1.63. The summed E-state index contributed by atoms with van der Waals surface area (Å²) in [5, 5.41) is 7.18. The lowest BCUT2D eigenvalue weighted by atomic mass is 10.2. The molecule has 19 heavy (non-hydrogen) atoms. The van der Waals surface area contributed by atoms with Crippen LogP contribution in [0, 0.1) is 0 Å². The van der Waals surface area contributed by atoms with E-state index in [0.717, 1.165) is 35.2 Å². The molecule has 0 saturated carbocycles. The van der Waals surface area contributed by atoms with Gasteiger partial charge in [0.15, 0.2) is 0 Å². The van der Waals surface area contributed by atoms with Gasteiger partial charge in [-0.15, -0.1) is 0 Å². The van der Waals surface area contributed by atoms with E-state index in [1.807, 2.05) is 24.3 Å². The SMILES string of the molecule is CCCNc1cncc(NCc2cccc(Cl)c2)n1. The number of benzene rings is 1. The quantitative estimate of drug-likeness (QED) is 0.847. The molecule has 100 valence electrons. The van der Waals surface area contributed by atoms with Gasteiger partial charge in [-0.2, -0.15) is 0 Å². The minimum absolute atomic E-state index is 0.673. The van der Waals surface area contributed by atoms with Crippen molar-refractivity contribution in [2.24, 2.45) is 0 Å². The molecule has 0 unspecified atom stereocenters. The van der Waals surface area contributed by atoms with E-state index in [1.54, 1.807) is 12.4 Å². The van der Waals surface area contributed by atoms with E-state index in [4.69, 9.17) is 11.6 Å². The Kier molecular flexibility index (Phi) is 4.98. The Hall–Kier alpha value is -1.81. The summed E-state index contributed by atoms with van der Waals surface area (Å²) in [7, 11) is 0. The fraction of sp³-hybridized carbons (Fsp3) is 0.286. The molecule has 0 aliphatic carbocycles. The van der Waals surface area contributed by atoms with Crippen LogP contribution in [0.1, 0.15) is 18.9 Å². The maximum atomic E-state index is 5.94. The van der Waals surface area contributed by atoms with Crippen LogP contribution in [0.4, 0.5) is 11.6 Å². The molecule has 4 nitrogen and oxygen atoms in total. The van der Waals surface area contributed by atoms with E-state index in [9.17, 15) is 0 Å². The lowest BCUT2D eigenvalue weighted by molar-refractivity contribution is 0.962. The molecule has 2 aromatic rings. The first-order chi connectivity index (χ1) is 9.28. The van der Waals surface area contributed by atoms with Crippen LogP contribution in [0.15, 0.2) is 36.7 Å². The van der Waals surface area contributed by atoms with Crippen LogP contribution in [-0.4, -0.2) is 16.5 Å². The Morgan fingerprint density at radius 1 is 1.16 bits per heavy atom.